The molecular weight excluding hydrogens is 351 g/mol. The van der Waals surface area contributed by atoms with Crippen LogP contribution in [0.25, 0.3) is 0 Å². The highest BCUT2D eigenvalue weighted by molar-refractivity contribution is 7.53. The van der Waals surface area contributed by atoms with E-state index in [1.807, 2.05) is 49.4 Å². The smallest absolute Gasteiger partial charge is 0.288 e. The maximum Gasteiger partial charge on any atom is 0.378 e. The van der Waals surface area contributed by atoms with Crippen molar-refractivity contribution in [3.8, 4) is 0 Å². The summed E-state index contributed by atoms with van der Waals surface area (Å²) in [5, 5.41) is 0.727. The Morgan fingerprint density at radius 2 is 1.59 bits per heavy atom. The predicted octanol–water partition coefficient (Wildman–Crippen LogP) is 6.27. The van der Waals surface area contributed by atoms with Crippen molar-refractivity contribution in [1.82, 2.24) is 0 Å². The third kappa shape index (κ3) is 5.14. The third-order valence-electron chi connectivity index (χ3n) is 5.34. The van der Waals surface area contributed by atoms with Crippen LogP contribution in [0.1, 0.15) is 68.6 Å². The highest BCUT2D eigenvalue weighted by Gasteiger charge is 2.32. The van der Waals surface area contributed by atoms with Crippen LogP contribution in [0.2, 0.25) is 0 Å². The molecule has 0 fully saturated rings. The van der Waals surface area contributed by atoms with E-state index < -0.39 is 7.80 Å². The Bertz CT molecular complexity index is 826. The quantitative estimate of drug-likeness (QED) is 0.435. The van der Waals surface area contributed by atoms with Crippen molar-refractivity contribution in [2.45, 2.75) is 53.9 Å². The number of hydrogen-bond acceptors (Lipinski definition) is 2. The molecule has 0 bridgehead atoms. The Morgan fingerprint density at radius 3 is 2.11 bits per heavy atom. The molecule has 0 aliphatic rings. The largest absolute Gasteiger partial charge is 0.378 e. The number of aryl methyl sites for hydroxylation is 1. The van der Waals surface area contributed by atoms with E-state index in [9.17, 15) is 9.36 Å². The molecule has 2 rings (SSSR count). The van der Waals surface area contributed by atoms with E-state index >= 15 is 0 Å². The molecule has 0 saturated carbocycles. The molecule has 0 heterocycles. The second-order valence-corrected chi connectivity index (χ2v) is 10.5. The summed E-state index contributed by atoms with van der Waals surface area (Å²) < 4.78 is 13.1. The van der Waals surface area contributed by atoms with Gasteiger partial charge in [-0.25, -0.2) is 0 Å². The fourth-order valence-electron chi connectivity index (χ4n) is 3.01. The van der Waals surface area contributed by atoms with Crippen LogP contribution in [0.4, 0.5) is 0 Å². The van der Waals surface area contributed by atoms with Crippen LogP contribution >= 0.6 is 7.80 Å². The summed E-state index contributed by atoms with van der Waals surface area (Å²) in [5.41, 5.74) is 3.40. The Kier molecular flexibility index (Phi) is 6.76. The van der Waals surface area contributed by atoms with Gasteiger partial charge in [0.25, 0.3) is 0 Å². The lowest BCUT2D eigenvalue weighted by Gasteiger charge is -2.19. The summed E-state index contributed by atoms with van der Waals surface area (Å²) >= 11 is 0. The number of benzene rings is 2. The zero-order valence-electron chi connectivity index (χ0n) is 17.7. The van der Waals surface area contributed by atoms with Crippen LogP contribution in [0.3, 0.4) is 0 Å². The summed E-state index contributed by atoms with van der Waals surface area (Å²) in [5.74, 6) is 0.772. The molecule has 2 unspecified atom stereocenters. The molecule has 0 saturated heterocycles. The Labute approximate surface area is 165 Å². The lowest BCUT2D eigenvalue weighted by Crippen LogP contribution is -2.19. The molecular formula is C24H32O2P+. The highest BCUT2D eigenvalue weighted by atomic mass is 31.1. The van der Waals surface area contributed by atoms with Gasteiger partial charge >= 0.3 is 7.80 Å². The maximum absolute atomic E-state index is 13.2. The van der Waals surface area contributed by atoms with Gasteiger partial charge < -0.3 is 0 Å². The van der Waals surface area contributed by atoms with Gasteiger partial charge in [-0.05, 0) is 29.9 Å². The number of rotatable bonds is 6. The molecule has 27 heavy (non-hydrogen) atoms. The van der Waals surface area contributed by atoms with Crippen molar-refractivity contribution in [3.05, 3.63) is 64.7 Å². The summed E-state index contributed by atoms with van der Waals surface area (Å²) in [6.45, 7) is 14.8. The first-order chi connectivity index (χ1) is 12.5. The van der Waals surface area contributed by atoms with Gasteiger partial charge in [0.2, 0.25) is 5.30 Å². The second-order valence-electron chi connectivity index (χ2n) is 8.91. The highest BCUT2D eigenvalue weighted by Crippen LogP contribution is 2.31. The normalized spacial score (nSPS) is 13.6. The molecule has 3 heteroatoms. The molecule has 0 N–H and O–H groups in total. The van der Waals surface area contributed by atoms with Crippen molar-refractivity contribution in [2.24, 2.45) is 11.8 Å². The zero-order valence-corrected chi connectivity index (χ0v) is 18.6. The summed E-state index contributed by atoms with van der Waals surface area (Å²) in [6, 6.07) is 13.5. The van der Waals surface area contributed by atoms with Gasteiger partial charge in [0, 0.05) is 17.0 Å². The maximum atomic E-state index is 13.2. The van der Waals surface area contributed by atoms with E-state index in [0.717, 1.165) is 10.9 Å². The molecule has 0 aromatic heterocycles. The van der Waals surface area contributed by atoms with Gasteiger partial charge in [0.1, 0.15) is 0 Å². The first-order valence-electron chi connectivity index (χ1n) is 9.72. The molecule has 0 amide bonds. The average molecular weight is 383 g/mol. The molecule has 2 aromatic carbocycles. The lowest BCUT2D eigenvalue weighted by atomic mass is 9.86. The van der Waals surface area contributed by atoms with E-state index in [2.05, 4.69) is 41.5 Å². The molecule has 0 aliphatic heterocycles. The number of carbonyl (C=O) groups is 1. The van der Waals surface area contributed by atoms with E-state index in [4.69, 9.17) is 0 Å². The van der Waals surface area contributed by atoms with Crippen molar-refractivity contribution < 1.29 is 9.36 Å². The van der Waals surface area contributed by atoms with Gasteiger partial charge in [-0.2, -0.15) is 0 Å². The van der Waals surface area contributed by atoms with Crippen molar-refractivity contribution in [2.75, 3.05) is 6.16 Å². The zero-order chi connectivity index (χ0) is 20.4. The molecule has 2 nitrogen and oxygen atoms in total. The van der Waals surface area contributed by atoms with E-state index in [1.54, 1.807) is 0 Å². The molecule has 2 aromatic rings. The third-order valence-corrected chi connectivity index (χ3v) is 7.34. The number of hydrogen-bond donors (Lipinski definition) is 0. The van der Waals surface area contributed by atoms with Crippen LogP contribution in [0.15, 0.2) is 42.5 Å². The second kappa shape index (κ2) is 8.48. The summed E-state index contributed by atoms with van der Waals surface area (Å²) in [7, 11) is -1.61. The Hall–Kier alpha value is -1.79. The van der Waals surface area contributed by atoms with Gasteiger partial charge in [-0.15, -0.1) is 0 Å². The molecule has 0 aliphatic carbocycles. The first-order valence-corrected chi connectivity index (χ1v) is 11.2. The first kappa shape index (κ1) is 21.5. The fourth-order valence-corrected chi connectivity index (χ4v) is 5.05. The minimum Gasteiger partial charge on any atom is -0.288 e. The van der Waals surface area contributed by atoms with Crippen LogP contribution < -0.4 is 5.30 Å². The summed E-state index contributed by atoms with van der Waals surface area (Å²) in [6.07, 6.45) is 0.612. The Balaban J connectivity index is 2.40. The number of ketones is 1. The van der Waals surface area contributed by atoms with Gasteiger partial charge in [-0.1, -0.05) is 82.5 Å². The minimum absolute atomic E-state index is 0.0466. The van der Waals surface area contributed by atoms with Gasteiger partial charge in [-0.3, -0.25) is 4.79 Å². The molecule has 144 valence electrons. The van der Waals surface area contributed by atoms with E-state index in [0.29, 0.717) is 29.1 Å². The lowest BCUT2D eigenvalue weighted by molar-refractivity contribution is 0.103. The van der Waals surface area contributed by atoms with Crippen molar-refractivity contribution in [1.29, 1.82) is 0 Å². The van der Waals surface area contributed by atoms with Crippen LogP contribution in [0.5, 0.6) is 0 Å². The molecule has 2 atom stereocenters. The average Bonchev–Trinajstić information content (AvgIpc) is 2.59. The van der Waals surface area contributed by atoms with Gasteiger partial charge in [0.15, 0.2) is 11.9 Å². The van der Waals surface area contributed by atoms with Crippen molar-refractivity contribution in [3.63, 3.8) is 0 Å². The SMILES string of the molecule is Cc1cccc(C(=O)c2ccc(C(C)(C)C)cc2)c1[P+](=O)CC(C)C(C)C. The van der Waals surface area contributed by atoms with E-state index in [1.165, 1.54) is 5.56 Å². The molecule has 0 spiro atoms. The predicted molar refractivity (Wildman–Crippen MR) is 116 cm³/mol. The topological polar surface area (TPSA) is 34.1 Å². The van der Waals surface area contributed by atoms with E-state index in [-0.39, 0.29) is 11.2 Å². The standard InChI is InChI=1S/C24H32O2P/c1-16(2)18(4)15-27(26)23-17(3)9-8-10-21(23)22(25)19-11-13-20(14-12-19)24(5,6)7/h8-14,16,18H,15H2,1-7H3/q+1. The van der Waals surface area contributed by atoms with Crippen LogP contribution in [-0.4, -0.2) is 11.9 Å². The van der Waals surface area contributed by atoms with Crippen LogP contribution in [0, 0.1) is 18.8 Å². The fraction of sp³-hybridized carbons (Fsp3) is 0.458. The van der Waals surface area contributed by atoms with Gasteiger partial charge in [0.05, 0.1) is 5.56 Å². The minimum atomic E-state index is -1.61. The van der Waals surface area contributed by atoms with Crippen molar-refractivity contribution >= 4 is 18.9 Å². The van der Waals surface area contributed by atoms with Crippen LogP contribution in [-0.2, 0) is 9.98 Å². The monoisotopic (exact) mass is 383 g/mol. The summed E-state index contributed by atoms with van der Waals surface area (Å²) in [4.78, 5) is 13.2. The number of carbonyl (C=O) groups excluding carboxylic acids is 1. The molecule has 0 radical (unpaired) electrons. The Morgan fingerprint density at radius 1 is 1.00 bits per heavy atom.